The molecule has 0 aliphatic heterocycles. The van der Waals surface area contributed by atoms with Crippen LogP contribution in [0.1, 0.15) is 46.1 Å². The Morgan fingerprint density at radius 3 is 2.74 bits per heavy atom. The van der Waals surface area contributed by atoms with Gasteiger partial charge in [-0.25, -0.2) is 4.98 Å². The predicted molar refractivity (Wildman–Crippen MR) is 74.9 cm³/mol. The Labute approximate surface area is 116 Å². The second kappa shape index (κ2) is 5.13. The molecule has 2 aromatic rings. The minimum absolute atomic E-state index is 0.116. The first kappa shape index (κ1) is 12.4. The van der Waals surface area contributed by atoms with E-state index in [2.05, 4.69) is 4.98 Å². The van der Waals surface area contributed by atoms with E-state index in [-0.39, 0.29) is 5.78 Å². The lowest BCUT2D eigenvalue weighted by Gasteiger charge is -2.02. The van der Waals surface area contributed by atoms with Gasteiger partial charge in [0.05, 0.1) is 10.6 Å². The highest BCUT2D eigenvalue weighted by Gasteiger charge is 2.31. The van der Waals surface area contributed by atoms with E-state index in [1.165, 1.54) is 11.3 Å². The van der Waals surface area contributed by atoms with Crippen molar-refractivity contribution in [2.45, 2.75) is 32.3 Å². The number of hydrogen-bond donors (Lipinski definition) is 0. The normalized spacial score (nSPS) is 14.4. The summed E-state index contributed by atoms with van der Waals surface area (Å²) in [6.07, 6.45) is 2.31. The number of Topliss-reactive ketones (excluding diaryl/α,β-unsaturated/α-hetero) is 1. The van der Waals surface area contributed by atoms with Crippen LogP contribution in [0.25, 0.3) is 0 Å². The molecule has 1 aromatic carbocycles. The number of carbonyl (C=O) groups is 1. The van der Waals surface area contributed by atoms with Crippen molar-refractivity contribution in [2.24, 2.45) is 0 Å². The van der Waals surface area contributed by atoms with Gasteiger partial charge < -0.3 is 4.74 Å². The molecule has 0 N–H and O–H groups in total. The quantitative estimate of drug-likeness (QED) is 0.778. The fraction of sp³-hybridized carbons (Fsp3) is 0.333. The Hall–Kier alpha value is -1.68. The maximum Gasteiger partial charge on any atom is 0.171 e. The van der Waals surface area contributed by atoms with Gasteiger partial charge in [0, 0.05) is 12.8 Å². The molecule has 0 spiro atoms. The SMILES string of the molecule is CC(=O)c1sc(COc2ccccc2)nc1C1CC1. The van der Waals surface area contributed by atoms with Crippen molar-refractivity contribution in [2.75, 3.05) is 0 Å². The van der Waals surface area contributed by atoms with Crippen LogP contribution in [0.4, 0.5) is 0 Å². The lowest BCUT2D eigenvalue weighted by atomic mass is 10.2. The number of hydrogen-bond acceptors (Lipinski definition) is 4. The van der Waals surface area contributed by atoms with Gasteiger partial charge in [0.1, 0.15) is 17.4 Å². The molecule has 0 saturated heterocycles. The topological polar surface area (TPSA) is 39.2 Å². The molecule has 1 aromatic heterocycles. The molecule has 3 nitrogen and oxygen atoms in total. The molecule has 0 atom stereocenters. The first-order valence-corrected chi connectivity index (χ1v) is 7.24. The molecule has 3 rings (SSSR count). The van der Waals surface area contributed by atoms with Crippen LogP contribution in [0.5, 0.6) is 5.75 Å². The summed E-state index contributed by atoms with van der Waals surface area (Å²) in [7, 11) is 0. The molecule has 0 radical (unpaired) electrons. The van der Waals surface area contributed by atoms with E-state index in [1.807, 2.05) is 30.3 Å². The number of ketones is 1. The Kier molecular flexibility index (Phi) is 3.34. The molecular weight excluding hydrogens is 258 g/mol. The summed E-state index contributed by atoms with van der Waals surface area (Å²) in [5.41, 5.74) is 0.990. The maximum absolute atomic E-state index is 11.6. The Bertz CT molecular complexity index is 587. The second-order valence-electron chi connectivity index (χ2n) is 4.75. The van der Waals surface area contributed by atoms with Gasteiger partial charge in [-0.1, -0.05) is 18.2 Å². The molecule has 0 bridgehead atoms. The average Bonchev–Trinajstić information content (AvgIpc) is 3.17. The molecule has 98 valence electrons. The molecule has 19 heavy (non-hydrogen) atoms. The van der Waals surface area contributed by atoms with Crippen molar-refractivity contribution >= 4 is 17.1 Å². The molecule has 1 aliphatic rings. The van der Waals surface area contributed by atoms with E-state index in [0.717, 1.165) is 34.2 Å². The largest absolute Gasteiger partial charge is 0.486 e. The lowest BCUT2D eigenvalue weighted by molar-refractivity contribution is 0.102. The molecule has 1 fully saturated rings. The van der Waals surface area contributed by atoms with Crippen molar-refractivity contribution in [1.82, 2.24) is 4.98 Å². The average molecular weight is 273 g/mol. The van der Waals surface area contributed by atoms with Crippen molar-refractivity contribution in [1.29, 1.82) is 0 Å². The summed E-state index contributed by atoms with van der Waals surface area (Å²) in [5, 5.41) is 0.885. The minimum Gasteiger partial charge on any atom is -0.486 e. The summed E-state index contributed by atoms with van der Waals surface area (Å²) in [6, 6.07) is 9.67. The molecular formula is C15H15NO2S. The Morgan fingerprint density at radius 1 is 1.37 bits per heavy atom. The standard InChI is InChI=1S/C15H15NO2S/c1-10(17)15-14(11-7-8-11)16-13(19-15)9-18-12-5-3-2-4-6-12/h2-6,11H,7-9H2,1H3. The van der Waals surface area contributed by atoms with Gasteiger partial charge in [-0.2, -0.15) is 0 Å². The first-order valence-electron chi connectivity index (χ1n) is 6.42. The van der Waals surface area contributed by atoms with Gasteiger partial charge in [0.2, 0.25) is 0 Å². The van der Waals surface area contributed by atoms with Crippen molar-refractivity contribution < 1.29 is 9.53 Å². The fourth-order valence-electron chi connectivity index (χ4n) is 1.99. The molecule has 1 saturated carbocycles. The van der Waals surface area contributed by atoms with Crippen LogP contribution >= 0.6 is 11.3 Å². The van der Waals surface area contributed by atoms with Crippen molar-refractivity contribution in [3.8, 4) is 5.75 Å². The van der Waals surface area contributed by atoms with Gasteiger partial charge in [-0.3, -0.25) is 4.79 Å². The smallest absolute Gasteiger partial charge is 0.171 e. The van der Waals surface area contributed by atoms with Crippen LogP contribution in [0.15, 0.2) is 30.3 Å². The van der Waals surface area contributed by atoms with Crippen LogP contribution < -0.4 is 4.74 Å². The molecule has 1 aliphatic carbocycles. The summed E-state index contributed by atoms with van der Waals surface area (Å²) in [6.45, 7) is 2.04. The van der Waals surface area contributed by atoms with Gasteiger partial charge in [0.25, 0.3) is 0 Å². The predicted octanol–water partition coefficient (Wildman–Crippen LogP) is 3.80. The molecule has 0 amide bonds. The summed E-state index contributed by atoms with van der Waals surface area (Å²) in [4.78, 5) is 17.0. The van der Waals surface area contributed by atoms with E-state index in [9.17, 15) is 4.79 Å². The highest BCUT2D eigenvalue weighted by Crippen LogP contribution is 2.42. The Balaban J connectivity index is 1.74. The highest BCUT2D eigenvalue weighted by molar-refractivity contribution is 7.13. The van der Waals surface area contributed by atoms with Crippen molar-refractivity contribution in [3.63, 3.8) is 0 Å². The number of nitrogens with zero attached hydrogens (tertiary/aromatic N) is 1. The second-order valence-corrected chi connectivity index (χ2v) is 5.84. The zero-order chi connectivity index (χ0) is 13.2. The van der Waals surface area contributed by atoms with E-state index >= 15 is 0 Å². The number of rotatable bonds is 5. The van der Waals surface area contributed by atoms with Crippen LogP contribution in [-0.2, 0) is 6.61 Å². The zero-order valence-electron chi connectivity index (χ0n) is 10.8. The van der Waals surface area contributed by atoms with Crippen LogP contribution in [0, 0.1) is 0 Å². The molecule has 0 unspecified atom stereocenters. The number of benzene rings is 1. The summed E-state index contributed by atoms with van der Waals surface area (Å²) < 4.78 is 5.68. The van der Waals surface area contributed by atoms with Crippen LogP contribution in [-0.4, -0.2) is 10.8 Å². The van der Waals surface area contributed by atoms with Crippen LogP contribution in [0.3, 0.4) is 0 Å². The molecule has 4 heteroatoms. The van der Waals surface area contributed by atoms with E-state index < -0.39 is 0 Å². The third-order valence-corrected chi connectivity index (χ3v) is 4.23. The monoisotopic (exact) mass is 273 g/mol. The Morgan fingerprint density at radius 2 is 2.11 bits per heavy atom. The summed E-state index contributed by atoms with van der Waals surface area (Å²) in [5.74, 6) is 1.45. The van der Waals surface area contributed by atoms with Crippen molar-refractivity contribution in [3.05, 3.63) is 45.9 Å². The zero-order valence-corrected chi connectivity index (χ0v) is 11.6. The third-order valence-electron chi connectivity index (χ3n) is 3.09. The lowest BCUT2D eigenvalue weighted by Crippen LogP contribution is -1.95. The van der Waals surface area contributed by atoms with Gasteiger partial charge in [-0.15, -0.1) is 11.3 Å². The molecule has 1 heterocycles. The van der Waals surface area contributed by atoms with Gasteiger partial charge >= 0.3 is 0 Å². The third kappa shape index (κ3) is 2.84. The van der Waals surface area contributed by atoms with Gasteiger partial charge in [-0.05, 0) is 25.0 Å². The summed E-state index contributed by atoms with van der Waals surface area (Å²) >= 11 is 1.47. The number of ether oxygens (including phenoxy) is 1. The number of para-hydroxylation sites is 1. The fourth-order valence-corrected chi connectivity index (χ4v) is 2.95. The number of thiazole rings is 1. The maximum atomic E-state index is 11.6. The first-order chi connectivity index (χ1) is 9.24. The van der Waals surface area contributed by atoms with E-state index in [1.54, 1.807) is 6.92 Å². The van der Waals surface area contributed by atoms with Gasteiger partial charge in [0.15, 0.2) is 5.78 Å². The minimum atomic E-state index is 0.116. The van der Waals surface area contributed by atoms with Crippen LogP contribution in [0.2, 0.25) is 0 Å². The highest BCUT2D eigenvalue weighted by atomic mass is 32.1. The number of aromatic nitrogens is 1. The van der Waals surface area contributed by atoms with E-state index in [4.69, 9.17) is 4.74 Å². The number of carbonyl (C=O) groups excluding carboxylic acids is 1. The van der Waals surface area contributed by atoms with E-state index in [0.29, 0.717) is 12.5 Å².